The van der Waals surface area contributed by atoms with E-state index in [9.17, 15) is 4.79 Å². The van der Waals surface area contributed by atoms with Gasteiger partial charge in [0.05, 0.1) is 11.8 Å². The Morgan fingerprint density at radius 2 is 1.92 bits per heavy atom. The van der Waals surface area contributed by atoms with Gasteiger partial charge >= 0.3 is 0 Å². The van der Waals surface area contributed by atoms with Gasteiger partial charge in [0.1, 0.15) is 0 Å². The van der Waals surface area contributed by atoms with E-state index in [0.29, 0.717) is 16.7 Å². The van der Waals surface area contributed by atoms with E-state index in [2.05, 4.69) is 15.5 Å². The number of rotatable bonds is 7. The standard InChI is InChI=1S/C19H18ClN3O2S/c1-13(26-12-14-5-3-2-4-6-14)19(24)21-11-17-22-18(23-25-17)15-7-9-16(20)10-8-15/h2-10,13H,11-12H2,1H3,(H,21,24)/t13-/m0/s1. The number of nitrogens with one attached hydrogen (secondary N) is 1. The lowest BCUT2D eigenvalue weighted by Crippen LogP contribution is -2.30. The van der Waals surface area contributed by atoms with Crippen LogP contribution in [0.1, 0.15) is 18.4 Å². The fraction of sp³-hybridized carbons (Fsp3) is 0.211. The van der Waals surface area contributed by atoms with Crippen LogP contribution in [-0.2, 0) is 17.1 Å². The van der Waals surface area contributed by atoms with Gasteiger partial charge in [0, 0.05) is 16.3 Å². The predicted octanol–water partition coefficient (Wildman–Crippen LogP) is 4.33. The van der Waals surface area contributed by atoms with E-state index in [1.54, 1.807) is 23.9 Å². The Labute approximate surface area is 161 Å². The summed E-state index contributed by atoms with van der Waals surface area (Å²) in [6.45, 7) is 2.09. The molecule has 1 N–H and O–H groups in total. The first kappa shape index (κ1) is 18.5. The van der Waals surface area contributed by atoms with Crippen LogP contribution in [0.3, 0.4) is 0 Å². The Hall–Kier alpha value is -2.31. The van der Waals surface area contributed by atoms with Crippen LogP contribution in [0, 0.1) is 0 Å². The zero-order chi connectivity index (χ0) is 18.4. The largest absolute Gasteiger partial charge is 0.346 e. The maximum Gasteiger partial charge on any atom is 0.246 e. The van der Waals surface area contributed by atoms with Crippen molar-refractivity contribution in [2.24, 2.45) is 0 Å². The van der Waals surface area contributed by atoms with Gasteiger partial charge in [-0.2, -0.15) is 4.98 Å². The third kappa shape index (κ3) is 5.09. The van der Waals surface area contributed by atoms with Crippen molar-refractivity contribution in [2.75, 3.05) is 0 Å². The quantitative estimate of drug-likeness (QED) is 0.653. The maximum absolute atomic E-state index is 12.2. The zero-order valence-electron chi connectivity index (χ0n) is 14.2. The number of hydrogen-bond acceptors (Lipinski definition) is 5. The summed E-state index contributed by atoms with van der Waals surface area (Å²) < 4.78 is 5.19. The van der Waals surface area contributed by atoms with Crippen LogP contribution in [0.15, 0.2) is 59.1 Å². The first-order valence-corrected chi connectivity index (χ1v) is 9.56. The fourth-order valence-electron chi connectivity index (χ4n) is 2.22. The molecular formula is C19H18ClN3O2S. The highest BCUT2D eigenvalue weighted by molar-refractivity contribution is 7.99. The Morgan fingerprint density at radius 3 is 2.65 bits per heavy atom. The molecule has 2 aromatic carbocycles. The van der Waals surface area contributed by atoms with E-state index in [1.807, 2.05) is 49.4 Å². The number of halogens is 1. The molecule has 0 radical (unpaired) electrons. The van der Waals surface area contributed by atoms with Crippen LogP contribution < -0.4 is 5.32 Å². The number of carbonyl (C=O) groups excluding carboxylic acids is 1. The van der Waals surface area contributed by atoms with Crippen molar-refractivity contribution in [1.29, 1.82) is 0 Å². The second kappa shape index (κ2) is 8.87. The van der Waals surface area contributed by atoms with E-state index in [0.717, 1.165) is 11.3 Å². The minimum atomic E-state index is -0.172. The smallest absolute Gasteiger partial charge is 0.246 e. The fourth-order valence-corrected chi connectivity index (χ4v) is 3.22. The number of amides is 1. The first-order chi connectivity index (χ1) is 12.6. The molecule has 5 nitrogen and oxygen atoms in total. The Morgan fingerprint density at radius 1 is 1.19 bits per heavy atom. The molecule has 0 aliphatic rings. The molecule has 3 aromatic rings. The van der Waals surface area contributed by atoms with Gasteiger partial charge in [-0.15, -0.1) is 11.8 Å². The monoisotopic (exact) mass is 387 g/mol. The second-order valence-corrected chi connectivity index (χ2v) is 7.44. The summed E-state index contributed by atoms with van der Waals surface area (Å²) in [5.41, 5.74) is 2.00. The molecule has 1 amide bonds. The molecule has 0 unspecified atom stereocenters. The van der Waals surface area contributed by atoms with Crippen LogP contribution in [0.5, 0.6) is 0 Å². The first-order valence-electron chi connectivity index (χ1n) is 8.13. The molecule has 134 valence electrons. The van der Waals surface area contributed by atoms with Gasteiger partial charge < -0.3 is 9.84 Å². The summed E-state index contributed by atoms with van der Waals surface area (Å²) in [5.74, 6) is 1.56. The average Bonchev–Trinajstić information content (AvgIpc) is 3.14. The lowest BCUT2D eigenvalue weighted by Gasteiger charge is -2.10. The molecule has 0 bridgehead atoms. The summed E-state index contributed by atoms with van der Waals surface area (Å²) in [5, 5.41) is 7.23. The summed E-state index contributed by atoms with van der Waals surface area (Å²) in [7, 11) is 0. The second-order valence-electron chi connectivity index (χ2n) is 5.68. The predicted molar refractivity (Wildman–Crippen MR) is 104 cm³/mol. The number of benzene rings is 2. The van der Waals surface area contributed by atoms with E-state index in [4.69, 9.17) is 16.1 Å². The molecule has 0 fully saturated rings. The number of nitrogens with zero attached hydrogens (tertiary/aromatic N) is 2. The summed E-state index contributed by atoms with van der Waals surface area (Å²) in [6, 6.07) is 17.2. The maximum atomic E-state index is 12.2. The highest BCUT2D eigenvalue weighted by Gasteiger charge is 2.15. The molecule has 1 aromatic heterocycles. The van der Waals surface area contributed by atoms with Crippen molar-refractivity contribution in [3.8, 4) is 11.4 Å². The molecule has 3 rings (SSSR count). The number of hydrogen-bond donors (Lipinski definition) is 1. The molecule has 0 aliphatic heterocycles. The highest BCUT2D eigenvalue weighted by Crippen LogP contribution is 2.19. The molecule has 0 saturated carbocycles. The van der Waals surface area contributed by atoms with Crippen LogP contribution in [0.4, 0.5) is 0 Å². The van der Waals surface area contributed by atoms with Gasteiger partial charge in [-0.25, -0.2) is 0 Å². The summed E-state index contributed by atoms with van der Waals surface area (Å²) in [4.78, 5) is 16.5. The van der Waals surface area contributed by atoms with Gasteiger partial charge in [0.25, 0.3) is 0 Å². The molecule has 0 aliphatic carbocycles. The van der Waals surface area contributed by atoms with E-state index >= 15 is 0 Å². The number of thioether (sulfide) groups is 1. The van der Waals surface area contributed by atoms with Crippen molar-refractivity contribution in [3.63, 3.8) is 0 Å². The molecule has 1 atom stereocenters. The highest BCUT2D eigenvalue weighted by atomic mass is 35.5. The van der Waals surface area contributed by atoms with E-state index in [-0.39, 0.29) is 17.7 Å². The van der Waals surface area contributed by atoms with E-state index in [1.165, 1.54) is 5.56 Å². The van der Waals surface area contributed by atoms with Crippen molar-refractivity contribution in [2.45, 2.75) is 24.5 Å². The Bertz CT molecular complexity index is 853. The minimum Gasteiger partial charge on any atom is -0.346 e. The molecule has 0 spiro atoms. The third-order valence-corrected chi connectivity index (χ3v) is 5.16. The summed E-state index contributed by atoms with van der Waals surface area (Å²) >= 11 is 7.45. The molecular weight excluding hydrogens is 370 g/mol. The van der Waals surface area contributed by atoms with Crippen LogP contribution in [0.25, 0.3) is 11.4 Å². The van der Waals surface area contributed by atoms with Crippen LogP contribution >= 0.6 is 23.4 Å². The minimum absolute atomic E-state index is 0.0582. The van der Waals surface area contributed by atoms with Gasteiger partial charge in [-0.3, -0.25) is 4.79 Å². The van der Waals surface area contributed by atoms with E-state index < -0.39 is 0 Å². The van der Waals surface area contributed by atoms with Gasteiger partial charge in [-0.05, 0) is 36.8 Å². The normalized spacial score (nSPS) is 11.9. The third-order valence-electron chi connectivity index (χ3n) is 3.70. The Kier molecular flexibility index (Phi) is 6.30. The van der Waals surface area contributed by atoms with Gasteiger partial charge in [-0.1, -0.05) is 47.1 Å². The lowest BCUT2D eigenvalue weighted by atomic mass is 10.2. The topological polar surface area (TPSA) is 68.0 Å². The Balaban J connectivity index is 1.49. The van der Waals surface area contributed by atoms with Crippen molar-refractivity contribution >= 4 is 29.3 Å². The van der Waals surface area contributed by atoms with Crippen molar-refractivity contribution in [1.82, 2.24) is 15.5 Å². The average molecular weight is 388 g/mol. The molecule has 26 heavy (non-hydrogen) atoms. The molecule has 7 heteroatoms. The summed E-state index contributed by atoms with van der Waals surface area (Å²) in [6.07, 6.45) is 0. The van der Waals surface area contributed by atoms with Crippen molar-refractivity contribution in [3.05, 3.63) is 71.1 Å². The van der Waals surface area contributed by atoms with Crippen molar-refractivity contribution < 1.29 is 9.32 Å². The van der Waals surface area contributed by atoms with Crippen LogP contribution in [0.2, 0.25) is 5.02 Å². The lowest BCUT2D eigenvalue weighted by molar-refractivity contribution is -0.120. The molecule has 0 saturated heterocycles. The van der Waals surface area contributed by atoms with Gasteiger partial charge in [0.2, 0.25) is 17.6 Å². The number of carbonyl (C=O) groups is 1. The van der Waals surface area contributed by atoms with Gasteiger partial charge in [0.15, 0.2) is 0 Å². The zero-order valence-corrected chi connectivity index (χ0v) is 15.8. The number of aromatic nitrogens is 2. The molecule has 1 heterocycles. The van der Waals surface area contributed by atoms with Crippen LogP contribution in [-0.4, -0.2) is 21.3 Å². The SMILES string of the molecule is C[C@H](SCc1ccccc1)C(=O)NCc1nc(-c2ccc(Cl)cc2)no1.